The molecule has 1 atom stereocenters. The summed E-state index contributed by atoms with van der Waals surface area (Å²) >= 11 is 4.24. The van der Waals surface area contributed by atoms with Crippen LogP contribution in [0.5, 0.6) is 0 Å². The van der Waals surface area contributed by atoms with Gasteiger partial charge in [0.05, 0.1) is 12.1 Å². The average Bonchev–Trinajstić information content (AvgIpc) is 2.50. The Morgan fingerprint density at radius 3 is 2.67 bits per heavy atom. The van der Waals surface area contributed by atoms with Crippen molar-refractivity contribution in [3.05, 3.63) is 0 Å². The first-order chi connectivity index (χ1) is 6.87. The molecule has 1 aliphatic rings. The lowest BCUT2D eigenvalue weighted by Crippen LogP contribution is -2.52. The maximum absolute atomic E-state index is 11.6. The summed E-state index contributed by atoms with van der Waals surface area (Å²) in [6.45, 7) is 6.69. The molecular weight excluding hydrogens is 214 g/mol. The van der Waals surface area contributed by atoms with Crippen LogP contribution in [-0.2, 0) is 9.47 Å². The van der Waals surface area contributed by atoms with E-state index in [1.165, 1.54) is 0 Å². The van der Waals surface area contributed by atoms with Crippen LogP contribution in [0.25, 0.3) is 0 Å². The lowest BCUT2D eigenvalue weighted by Gasteiger charge is -2.28. The lowest BCUT2D eigenvalue weighted by atomic mass is 10.0. The quantitative estimate of drug-likeness (QED) is 0.712. The maximum atomic E-state index is 11.6. The molecule has 0 spiro atoms. The van der Waals surface area contributed by atoms with Crippen molar-refractivity contribution < 1.29 is 14.3 Å². The Balaban J connectivity index is 2.49. The van der Waals surface area contributed by atoms with E-state index in [0.29, 0.717) is 19.0 Å². The van der Waals surface area contributed by atoms with Crippen LogP contribution in [0.2, 0.25) is 0 Å². The number of amides is 1. The molecule has 1 amide bonds. The molecule has 5 heteroatoms. The summed E-state index contributed by atoms with van der Waals surface area (Å²) < 4.78 is 10.5. The molecule has 1 heterocycles. The molecule has 15 heavy (non-hydrogen) atoms. The number of hydrogen-bond acceptors (Lipinski definition) is 4. The third kappa shape index (κ3) is 3.91. The third-order valence-corrected chi connectivity index (χ3v) is 2.78. The molecule has 4 nitrogen and oxygen atoms in total. The Hall–Kier alpha value is -0.420. The van der Waals surface area contributed by atoms with Gasteiger partial charge in [0.15, 0.2) is 0 Å². The van der Waals surface area contributed by atoms with Crippen molar-refractivity contribution in [2.24, 2.45) is 0 Å². The highest BCUT2D eigenvalue weighted by atomic mass is 32.1. The predicted octanol–water partition coefficient (Wildman–Crippen LogP) is 1.60. The molecule has 0 radical (unpaired) electrons. The molecule has 1 saturated heterocycles. The van der Waals surface area contributed by atoms with E-state index in [9.17, 15) is 4.79 Å². The number of thiol groups is 1. The first-order valence-electron chi connectivity index (χ1n) is 5.07. The van der Waals surface area contributed by atoms with Crippen molar-refractivity contribution in [1.29, 1.82) is 0 Å². The zero-order valence-electron chi connectivity index (χ0n) is 9.50. The van der Waals surface area contributed by atoms with Crippen LogP contribution in [0, 0.1) is 0 Å². The molecule has 0 aliphatic carbocycles. The molecule has 0 saturated carbocycles. The summed E-state index contributed by atoms with van der Waals surface area (Å²) in [4.78, 5) is 11.6. The second kappa shape index (κ2) is 4.61. The summed E-state index contributed by atoms with van der Waals surface area (Å²) in [6.07, 6.45) is 0.387. The second-order valence-corrected chi connectivity index (χ2v) is 5.18. The predicted molar refractivity (Wildman–Crippen MR) is 61.4 cm³/mol. The van der Waals surface area contributed by atoms with Gasteiger partial charge < -0.3 is 14.8 Å². The zero-order valence-corrected chi connectivity index (χ0v) is 10.4. The molecule has 0 aromatic heterocycles. The highest BCUT2D eigenvalue weighted by Gasteiger charge is 2.36. The fraction of sp³-hybridized carbons (Fsp3) is 0.900. The minimum atomic E-state index is -0.471. The van der Waals surface area contributed by atoms with Gasteiger partial charge in [-0.25, -0.2) is 4.79 Å². The van der Waals surface area contributed by atoms with Gasteiger partial charge in [-0.15, -0.1) is 0 Å². The highest BCUT2D eigenvalue weighted by molar-refractivity contribution is 7.80. The Bertz CT molecular complexity index is 231. The number of rotatable bonds is 2. The van der Waals surface area contributed by atoms with Gasteiger partial charge in [-0.2, -0.15) is 12.6 Å². The van der Waals surface area contributed by atoms with Gasteiger partial charge in [0.2, 0.25) is 0 Å². The number of carbonyl (C=O) groups excluding carboxylic acids is 1. The summed E-state index contributed by atoms with van der Waals surface area (Å²) in [7, 11) is 0. The molecule has 88 valence electrons. The first kappa shape index (κ1) is 12.6. The molecule has 1 unspecified atom stereocenters. The van der Waals surface area contributed by atoms with Crippen molar-refractivity contribution in [3.63, 3.8) is 0 Å². The summed E-state index contributed by atoms with van der Waals surface area (Å²) in [6, 6.07) is 0. The van der Waals surface area contributed by atoms with Crippen LogP contribution in [0.4, 0.5) is 4.79 Å². The van der Waals surface area contributed by atoms with E-state index < -0.39 is 11.7 Å². The lowest BCUT2D eigenvalue weighted by molar-refractivity contribution is 0.0455. The third-order valence-electron chi connectivity index (χ3n) is 2.17. The number of hydrogen-bond donors (Lipinski definition) is 2. The first-order valence-corrected chi connectivity index (χ1v) is 5.70. The fourth-order valence-electron chi connectivity index (χ4n) is 1.39. The van der Waals surface area contributed by atoms with Crippen molar-refractivity contribution in [3.8, 4) is 0 Å². The monoisotopic (exact) mass is 233 g/mol. The van der Waals surface area contributed by atoms with E-state index in [1.54, 1.807) is 0 Å². The number of nitrogens with one attached hydrogen (secondary N) is 1. The van der Waals surface area contributed by atoms with Gasteiger partial charge >= 0.3 is 6.09 Å². The normalized spacial score (nSPS) is 26.4. The molecular formula is C10H19NO3S. The number of carbonyl (C=O) groups is 1. The molecule has 0 aromatic carbocycles. The maximum Gasteiger partial charge on any atom is 0.408 e. The van der Waals surface area contributed by atoms with Crippen molar-refractivity contribution >= 4 is 18.7 Å². The zero-order chi connectivity index (χ0) is 11.5. The van der Waals surface area contributed by atoms with Gasteiger partial charge in [0.25, 0.3) is 0 Å². The van der Waals surface area contributed by atoms with Gasteiger partial charge in [-0.05, 0) is 27.2 Å². The standard InChI is InChI=1S/C10H19NO3S/c1-9(2,3)14-8(12)11-10(7-15)4-5-13-6-10/h15H,4-7H2,1-3H3,(H,11,12). The SMILES string of the molecule is CC(C)(C)OC(=O)NC1(CS)CCOC1. The molecule has 1 N–H and O–H groups in total. The van der Waals surface area contributed by atoms with E-state index in [1.807, 2.05) is 20.8 Å². The number of alkyl carbamates (subject to hydrolysis) is 1. The smallest absolute Gasteiger partial charge is 0.408 e. The van der Waals surface area contributed by atoms with Crippen molar-refractivity contribution in [2.75, 3.05) is 19.0 Å². The van der Waals surface area contributed by atoms with Crippen LogP contribution >= 0.6 is 12.6 Å². The number of ether oxygens (including phenoxy) is 2. The largest absolute Gasteiger partial charge is 0.444 e. The van der Waals surface area contributed by atoms with Gasteiger partial charge in [-0.1, -0.05) is 0 Å². The van der Waals surface area contributed by atoms with Crippen LogP contribution in [0.15, 0.2) is 0 Å². The summed E-state index contributed by atoms with van der Waals surface area (Å²) in [5, 5.41) is 2.84. The molecule has 0 aromatic rings. The van der Waals surface area contributed by atoms with E-state index >= 15 is 0 Å². The van der Waals surface area contributed by atoms with Crippen LogP contribution < -0.4 is 5.32 Å². The summed E-state index contributed by atoms with van der Waals surface area (Å²) in [5.74, 6) is 0.562. The van der Waals surface area contributed by atoms with Crippen LogP contribution in [0.1, 0.15) is 27.2 Å². The Labute approximate surface area is 96.1 Å². The molecule has 1 rings (SSSR count). The van der Waals surface area contributed by atoms with E-state index in [0.717, 1.165) is 6.42 Å². The fourth-order valence-corrected chi connectivity index (χ4v) is 1.72. The van der Waals surface area contributed by atoms with E-state index in [-0.39, 0.29) is 5.54 Å². The minimum Gasteiger partial charge on any atom is -0.444 e. The van der Waals surface area contributed by atoms with Crippen LogP contribution in [-0.4, -0.2) is 36.2 Å². The summed E-state index contributed by atoms with van der Waals surface area (Å²) in [5.41, 5.74) is -0.827. The molecule has 1 fully saturated rings. The average molecular weight is 233 g/mol. The van der Waals surface area contributed by atoms with Crippen LogP contribution in [0.3, 0.4) is 0 Å². The second-order valence-electron chi connectivity index (χ2n) is 4.87. The highest BCUT2D eigenvalue weighted by Crippen LogP contribution is 2.20. The Morgan fingerprint density at radius 2 is 2.27 bits per heavy atom. The topological polar surface area (TPSA) is 47.6 Å². The van der Waals surface area contributed by atoms with E-state index in [2.05, 4.69) is 17.9 Å². The van der Waals surface area contributed by atoms with Crippen molar-refractivity contribution in [2.45, 2.75) is 38.3 Å². The van der Waals surface area contributed by atoms with Gasteiger partial charge in [0, 0.05) is 12.4 Å². The Kier molecular flexibility index (Phi) is 3.89. The van der Waals surface area contributed by atoms with E-state index in [4.69, 9.17) is 9.47 Å². The van der Waals surface area contributed by atoms with Gasteiger partial charge in [0.1, 0.15) is 5.60 Å². The molecule has 1 aliphatic heterocycles. The van der Waals surface area contributed by atoms with Crippen molar-refractivity contribution in [1.82, 2.24) is 5.32 Å². The molecule has 0 bridgehead atoms. The van der Waals surface area contributed by atoms with Gasteiger partial charge in [-0.3, -0.25) is 0 Å². The minimum absolute atomic E-state index is 0.356. The Morgan fingerprint density at radius 1 is 1.60 bits per heavy atom.